The quantitative estimate of drug-likeness (QED) is 0.763. The minimum atomic E-state index is -0.401. The van der Waals surface area contributed by atoms with E-state index in [-0.39, 0.29) is 5.91 Å². The zero-order chi connectivity index (χ0) is 13.0. The first-order valence-corrected chi connectivity index (χ1v) is 6.46. The smallest absolute Gasteiger partial charge is 0.238 e. The van der Waals surface area contributed by atoms with Crippen molar-refractivity contribution in [3.63, 3.8) is 0 Å². The molecule has 0 spiro atoms. The summed E-state index contributed by atoms with van der Waals surface area (Å²) in [4.78, 5) is 11.3. The number of aryl methyl sites for hydroxylation is 1. The number of ether oxygens (including phenoxy) is 1. The minimum absolute atomic E-state index is 0.294. The molecule has 0 aromatic heterocycles. The monoisotopic (exact) mass is 248 g/mol. The number of para-hydroxylation sites is 1. The topological polar surface area (TPSA) is 64.3 Å². The van der Waals surface area contributed by atoms with Gasteiger partial charge in [0.1, 0.15) is 18.4 Å². The van der Waals surface area contributed by atoms with Gasteiger partial charge >= 0.3 is 0 Å². The van der Waals surface area contributed by atoms with Crippen LogP contribution >= 0.6 is 0 Å². The van der Waals surface area contributed by atoms with Crippen LogP contribution < -0.4 is 15.8 Å². The highest BCUT2D eigenvalue weighted by Crippen LogP contribution is 2.21. The average molecular weight is 248 g/mol. The van der Waals surface area contributed by atoms with Crippen LogP contribution in [-0.4, -0.2) is 24.6 Å². The molecule has 1 saturated carbocycles. The molecule has 18 heavy (non-hydrogen) atoms. The summed E-state index contributed by atoms with van der Waals surface area (Å²) < 4.78 is 5.72. The molecule has 1 aliphatic rings. The van der Waals surface area contributed by atoms with Crippen molar-refractivity contribution in [3.05, 3.63) is 29.8 Å². The van der Waals surface area contributed by atoms with Crippen LogP contribution in [0.2, 0.25) is 0 Å². The van der Waals surface area contributed by atoms with Crippen molar-refractivity contribution in [1.29, 1.82) is 0 Å². The number of carbonyl (C=O) groups is 1. The first-order chi connectivity index (χ1) is 8.70. The van der Waals surface area contributed by atoms with Crippen molar-refractivity contribution < 1.29 is 9.53 Å². The van der Waals surface area contributed by atoms with Gasteiger partial charge in [0, 0.05) is 6.04 Å². The summed E-state index contributed by atoms with van der Waals surface area (Å²) in [5.41, 5.74) is 6.51. The number of carbonyl (C=O) groups excluding carboxylic acids is 1. The van der Waals surface area contributed by atoms with Crippen LogP contribution in [0.25, 0.3) is 0 Å². The van der Waals surface area contributed by atoms with Crippen molar-refractivity contribution >= 4 is 5.91 Å². The van der Waals surface area contributed by atoms with Crippen molar-refractivity contribution in [2.45, 2.75) is 38.3 Å². The van der Waals surface area contributed by atoms with E-state index in [1.807, 2.05) is 24.3 Å². The Morgan fingerprint density at radius 3 is 2.83 bits per heavy atom. The maximum Gasteiger partial charge on any atom is 0.238 e. The summed E-state index contributed by atoms with van der Waals surface area (Å²) in [7, 11) is 0. The number of hydrogen-bond acceptors (Lipinski definition) is 3. The van der Waals surface area contributed by atoms with Gasteiger partial charge in [-0.1, -0.05) is 25.1 Å². The van der Waals surface area contributed by atoms with Crippen molar-refractivity contribution in [1.82, 2.24) is 5.32 Å². The molecule has 1 aromatic carbocycles. The Labute approximate surface area is 108 Å². The van der Waals surface area contributed by atoms with E-state index in [4.69, 9.17) is 10.5 Å². The predicted octanol–water partition coefficient (Wildman–Crippen LogP) is 1.23. The lowest BCUT2D eigenvalue weighted by molar-refractivity contribution is -0.120. The van der Waals surface area contributed by atoms with Gasteiger partial charge in [-0.05, 0) is 30.9 Å². The van der Waals surface area contributed by atoms with Crippen molar-refractivity contribution in [3.8, 4) is 5.75 Å². The van der Waals surface area contributed by atoms with E-state index in [1.165, 1.54) is 0 Å². The molecule has 1 amide bonds. The lowest BCUT2D eigenvalue weighted by Crippen LogP contribution is -2.46. The average Bonchev–Trinajstić information content (AvgIpc) is 3.18. The first-order valence-electron chi connectivity index (χ1n) is 6.46. The standard InChI is InChI=1S/C14H20N2O2/c1-2-10-5-3-4-6-13(10)18-9-12(14(15)17)16-11-7-8-11/h3-6,11-12,16H,2,7-9H2,1H3,(H2,15,17). The fourth-order valence-corrected chi connectivity index (χ4v) is 1.86. The van der Waals surface area contributed by atoms with Gasteiger partial charge in [-0.15, -0.1) is 0 Å². The second kappa shape index (κ2) is 5.87. The van der Waals surface area contributed by atoms with Gasteiger partial charge in [-0.2, -0.15) is 0 Å². The normalized spacial score (nSPS) is 16.3. The molecule has 0 radical (unpaired) electrons. The number of nitrogens with one attached hydrogen (secondary N) is 1. The molecule has 1 atom stereocenters. The van der Waals surface area contributed by atoms with Gasteiger partial charge in [0.05, 0.1) is 0 Å². The summed E-state index contributed by atoms with van der Waals surface area (Å²) >= 11 is 0. The number of benzene rings is 1. The van der Waals surface area contributed by atoms with Crippen LogP contribution in [-0.2, 0) is 11.2 Å². The third-order valence-electron chi connectivity index (χ3n) is 3.12. The Morgan fingerprint density at radius 2 is 2.22 bits per heavy atom. The number of hydrogen-bond donors (Lipinski definition) is 2. The van der Waals surface area contributed by atoms with Crippen LogP contribution in [0.4, 0.5) is 0 Å². The highest BCUT2D eigenvalue weighted by atomic mass is 16.5. The molecular formula is C14H20N2O2. The van der Waals surface area contributed by atoms with Gasteiger partial charge in [-0.25, -0.2) is 0 Å². The molecule has 0 bridgehead atoms. The van der Waals surface area contributed by atoms with E-state index in [1.54, 1.807) is 0 Å². The number of nitrogens with two attached hydrogens (primary N) is 1. The van der Waals surface area contributed by atoms with Crippen LogP contribution in [0.15, 0.2) is 24.3 Å². The number of primary amides is 1. The molecule has 0 aliphatic heterocycles. The zero-order valence-electron chi connectivity index (χ0n) is 10.7. The van der Waals surface area contributed by atoms with E-state index in [9.17, 15) is 4.79 Å². The zero-order valence-corrected chi connectivity index (χ0v) is 10.7. The molecule has 0 saturated heterocycles. The molecule has 1 unspecified atom stereocenters. The molecule has 1 fully saturated rings. The van der Waals surface area contributed by atoms with Crippen molar-refractivity contribution in [2.75, 3.05) is 6.61 Å². The highest BCUT2D eigenvalue weighted by Gasteiger charge is 2.27. The number of amides is 1. The van der Waals surface area contributed by atoms with E-state index in [2.05, 4.69) is 12.2 Å². The van der Waals surface area contributed by atoms with E-state index >= 15 is 0 Å². The Kier molecular flexibility index (Phi) is 4.20. The van der Waals surface area contributed by atoms with Crippen molar-refractivity contribution in [2.24, 2.45) is 5.73 Å². The molecule has 3 N–H and O–H groups in total. The molecule has 1 aromatic rings. The third kappa shape index (κ3) is 3.47. The highest BCUT2D eigenvalue weighted by molar-refractivity contribution is 5.80. The largest absolute Gasteiger partial charge is 0.491 e. The fourth-order valence-electron chi connectivity index (χ4n) is 1.86. The van der Waals surface area contributed by atoms with E-state index in [0.717, 1.165) is 30.6 Å². The molecule has 98 valence electrons. The second-order valence-electron chi connectivity index (χ2n) is 4.67. The summed E-state index contributed by atoms with van der Waals surface area (Å²) in [5, 5.41) is 3.20. The molecule has 1 aliphatic carbocycles. The van der Waals surface area contributed by atoms with Gasteiger partial charge in [-0.3, -0.25) is 4.79 Å². The molecule has 4 nitrogen and oxygen atoms in total. The molecule has 4 heteroatoms. The van der Waals surface area contributed by atoms with Crippen LogP contribution in [0.1, 0.15) is 25.3 Å². The summed E-state index contributed by atoms with van der Waals surface area (Å²) in [6.45, 7) is 2.37. The predicted molar refractivity (Wildman–Crippen MR) is 70.5 cm³/mol. The summed E-state index contributed by atoms with van der Waals surface area (Å²) in [6, 6.07) is 7.91. The Bertz CT molecular complexity index is 416. The molecule has 2 rings (SSSR count). The lowest BCUT2D eigenvalue weighted by atomic mass is 10.1. The SMILES string of the molecule is CCc1ccccc1OCC(NC1CC1)C(N)=O. The van der Waals surface area contributed by atoms with Gasteiger partial charge in [0.15, 0.2) is 0 Å². The Balaban J connectivity index is 1.93. The second-order valence-corrected chi connectivity index (χ2v) is 4.67. The minimum Gasteiger partial charge on any atom is -0.491 e. The van der Waals surface area contributed by atoms with E-state index < -0.39 is 6.04 Å². The third-order valence-corrected chi connectivity index (χ3v) is 3.12. The number of rotatable bonds is 7. The van der Waals surface area contributed by atoms with Crippen LogP contribution in [0.5, 0.6) is 5.75 Å². The first kappa shape index (κ1) is 12.9. The Morgan fingerprint density at radius 1 is 1.50 bits per heavy atom. The van der Waals surface area contributed by atoms with Gasteiger partial charge < -0.3 is 15.8 Å². The van der Waals surface area contributed by atoms with Crippen LogP contribution in [0.3, 0.4) is 0 Å². The fraction of sp³-hybridized carbons (Fsp3) is 0.500. The summed E-state index contributed by atoms with van der Waals surface area (Å²) in [5.74, 6) is 0.486. The van der Waals surface area contributed by atoms with E-state index in [0.29, 0.717) is 12.6 Å². The van der Waals surface area contributed by atoms with Gasteiger partial charge in [0.25, 0.3) is 0 Å². The maximum atomic E-state index is 11.3. The maximum absolute atomic E-state index is 11.3. The molecule has 0 heterocycles. The Hall–Kier alpha value is -1.55. The van der Waals surface area contributed by atoms with Crippen LogP contribution in [0, 0.1) is 0 Å². The summed E-state index contributed by atoms with van der Waals surface area (Å²) in [6.07, 6.45) is 3.15. The molecular weight excluding hydrogens is 228 g/mol. The van der Waals surface area contributed by atoms with Gasteiger partial charge in [0.2, 0.25) is 5.91 Å². The lowest BCUT2D eigenvalue weighted by Gasteiger charge is -2.17.